The predicted octanol–water partition coefficient (Wildman–Crippen LogP) is 3.45. The van der Waals surface area contributed by atoms with Gasteiger partial charge in [0.05, 0.1) is 13.2 Å². The van der Waals surface area contributed by atoms with Gasteiger partial charge >= 0.3 is 0 Å². The zero-order valence-electron chi connectivity index (χ0n) is 9.98. The molecular formula is C15H16O2. The second kappa shape index (κ2) is 4.13. The van der Waals surface area contributed by atoms with Gasteiger partial charge in [0.1, 0.15) is 0 Å². The zero-order chi connectivity index (χ0) is 11.7. The van der Waals surface area contributed by atoms with E-state index < -0.39 is 5.79 Å². The number of benzene rings is 2. The third-order valence-electron chi connectivity index (χ3n) is 3.32. The van der Waals surface area contributed by atoms with Crippen molar-refractivity contribution in [2.45, 2.75) is 19.1 Å². The molecule has 2 aromatic rings. The summed E-state index contributed by atoms with van der Waals surface area (Å²) < 4.78 is 11.6. The standard InChI is InChI=1S/C15H16O2/c1-15(16-9-4-10-17-15)14-8-7-12-5-2-3-6-13(12)11-14/h2-3,5-8,11H,4,9-10H2,1H3. The van der Waals surface area contributed by atoms with E-state index in [2.05, 4.69) is 42.5 Å². The van der Waals surface area contributed by atoms with Crippen LogP contribution in [-0.2, 0) is 15.3 Å². The van der Waals surface area contributed by atoms with E-state index in [-0.39, 0.29) is 0 Å². The van der Waals surface area contributed by atoms with E-state index >= 15 is 0 Å². The average molecular weight is 228 g/mol. The molecule has 1 aliphatic heterocycles. The first kappa shape index (κ1) is 10.8. The summed E-state index contributed by atoms with van der Waals surface area (Å²) in [5.41, 5.74) is 1.09. The Balaban J connectivity index is 2.05. The van der Waals surface area contributed by atoms with Crippen molar-refractivity contribution in [1.82, 2.24) is 0 Å². The van der Waals surface area contributed by atoms with E-state index in [9.17, 15) is 0 Å². The number of rotatable bonds is 1. The van der Waals surface area contributed by atoms with E-state index in [1.54, 1.807) is 0 Å². The lowest BCUT2D eigenvalue weighted by atomic mass is 10.0. The fraction of sp³-hybridized carbons (Fsp3) is 0.333. The molecule has 1 aliphatic rings. The average Bonchev–Trinajstić information content (AvgIpc) is 2.39. The summed E-state index contributed by atoms with van der Waals surface area (Å²) >= 11 is 0. The fourth-order valence-corrected chi connectivity index (χ4v) is 2.27. The molecule has 0 aromatic heterocycles. The molecule has 0 radical (unpaired) electrons. The number of ether oxygens (including phenoxy) is 2. The molecule has 0 amide bonds. The molecule has 3 rings (SSSR count). The normalized spacial score (nSPS) is 19.4. The summed E-state index contributed by atoms with van der Waals surface area (Å²) in [5.74, 6) is -0.581. The molecule has 0 aliphatic carbocycles. The lowest BCUT2D eigenvalue weighted by molar-refractivity contribution is -0.264. The van der Waals surface area contributed by atoms with Crippen molar-refractivity contribution in [3.63, 3.8) is 0 Å². The van der Waals surface area contributed by atoms with Crippen LogP contribution in [0.3, 0.4) is 0 Å². The Morgan fingerprint density at radius 3 is 2.41 bits per heavy atom. The maximum Gasteiger partial charge on any atom is 0.191 e. The minimum atomic E-state index is -0.581. The van der Waals surface area contributed by atoms with E-state index in [0.717, 1.165) is 25.2 Å². The molecule has 2 heteroatoms. The van der Waals surface area contributed by atoms with Gasteiger partial charge in [0.15, 0.2) is 5.79 Å². The summed E-state index contributed by atoms with van der Waals surface area (Å²) in [6.45, 7) is 3.53. The molecule has 1 heterocycles. The molecular weight excluding hydrogens is 212 g/mol. The SMILES string of the molecule is CC1(c2ccc3ccccc3c2)OCCCO1. The monoisotopic (exact) mass is 228 g/mol. The van der Waals surface area contributed by atoms with Crippen molar-refractivity contribution in [3.05, 3.63) is 48.0 Å². The van der Waals surface area contributed by atoms with Crippen LogP contribution in [0, 0.1) is 0 Å². The van der Waals surface area contributed by atoms with Crippen LogP contribution in [0.1, 0.15) is 18.9 Å². The predicted molar refractivity (Wildman–Crippen MR) is 67.8 cm³/mol. The van der Waals surface area contributed by atoms with Crippen LogP contribution >= 0.6 is 0 Å². The van der Waals surface area contributed by atoms with Crippen molar-refractivity contribution in [3.8, 4) is 0 Å². The molecule has 17 heavy (non-hydrogen) atoms. The van der Waals surface area contributed by atoms with Gasteiger partial charge < -0.3 is 9.47 Å². The summed E-state index contributed by atoms with van der Waals surface area (Å²) in [6.07, 6.45) is 0.975. The molecule has 0 spiro atoms. The third kappa shape index (κ3) is 1.94. The van der Waals surface area contributed by atoms with E-state index in [4.69, 9.17) is 9.47 Å². The smallest absolute Gasteiger partial charge is 0.191 e. The van der Waals surface area contributed by atoms with Crippen LogP contribution in [-0.4, -0.2) is 13.2 Å². The second-order valence-electron chi connectivity index (χ2n) is 4.56. The van der Waals surface area contributed by atoms with Gasteiger partial charge in [-0.1, -0.05) is 36.4 Å². The van der Waals surface area contributed by atoms with Crippen molar-refractivity contribution in [2.24, 2.45) is 0 Å². The summed E-state index contributed by atoms with van der Waals surface area (Å²) in [5, 5.41) is 2.47. The molecule has 0 bridgehead atoms. The molecule has 1 saturated heterocycles. The van der Waals surface area contributed by atoms with Crippen LogP contribution < -0.4 is 0 Å². The highest BCUT2D eigenvalue weighted by Crippen LogP contribution is 2.31. The molecule has 2 nitrogen and oxygen atoms in total. The molecule has 0 atom stereocenters. The molecule has 0 N–H and O–H groups in total. The Bertz CT molecular complexity index is 527. The summed E-state index contributed by atoms with van der Waals surface area (Å²) in [4.78, 5) is 0. The van der Waals surface area contributed by atoms with Crippen molar-refractivity contribution < 1.29 is 9.47 Å². The van der Waals surface area contributed by atoms with Crippen LogP contribution in [0.25, 0.3) is 10.8 Å². The molecule has 88 valence electrons. The maximum atomic E-state index is 5.78. The Labute approximate surface area is 101 Å². The van der Waals surface area contributed by atoms with Crippen LogP contribution in [0.2, 0.25) is 0 Å². The Kier molecular flexibility index (Phi) is 2.61. The molecule has 2 aromatic carbocycles. The first-order chi connectivity index (χ1) is 8.28. The van der Waals surface area contributed by atoms with Gasteiger partial charge in [-0.15, -0.1) is 0 Å². The minimum Gasteiger partial charge on any atom is -0.346 e. The molecule has 1 fully saturated rings. The Morgan fingerprint density at radius 1 is 0.941 bits per heavy atom. The Hall–Kier alpha value is -1.38. The van der Waals surface area contributed by atoms with Gasteiger partial charge in [-0.05, 0) is 30.2 Å². The van der Waals surface area contributed by atoms with E-state index in [0.29, 0.717) is 0 Å². The molecule has 0 unspecified atom stereocenters. The highest BCUT2D eigenvalue weighted by molar-refractivity contribution is 5.83. The van der Waals surface area contributed by atoms with Gasteiger partial charge in [-0.2, -0.15) is 0 Å². The number of hydrogen-bond donors (Lipinski definition) is 0. The van der Waals surface area contributed by atoms with E-state index in [1.807, 2.05) is 6.92 Å². The first-order valence-electron chi connectivity index (χ1n) is 6.05. The minimum absolute atomic E-state index is 0.581. The van der Waals surface area contributed by atoms with Crippen molar-refractivity contribution in [1.29, 1.82) is 0 Å². The lowest BCUT2D eigenvalue weighted by Gasteiger charge is -2.34. The zero-order valence-corrected chi connectivity index (χ0v) is 9.98. The highest BCUT2D eigenvalue weighted by Gasteiger charge is 2.31. The van der Waals surface area contributed by atoms with Crippen LogP contribution in [0.15, 0.2) is 42.5 Å². The largest absolute Gasteiger partial charge is 0.346 e. The van der Waals surface area contributed by atoms with Gasteiger partial charge in [0.25, 0.3) is 0 Å². The molecule has 0 saturated carbocycles. The van der Waals surface area contributed by atoms with Crippen molar-refractivity contribution >= 4 is 10.8 Å². The van der Waals surface area contributed by atoms with E-state index in [1.165, 1.54) is 10.8 Å². The number of hydrogen-bond acceptors (Lipinski definition) is 2. The Morgan fingerprint density at radius 2 is 1.65 bits per heavy atom. The van der Waals surface area contributed by atoms with Gasteiger partial charge in [-0.25, -0.2) is 0 Å². The van der Waals surface area contributed by atoms with Gasteiger partial charge in [-0.3, -0.25) is 0 Å². The third-order valence-corrected chi connectivity index (χ3v) is 3.32. The topological polar surface area (TPSA) is 18.5 Å². The summed E-state index contributed by atoms with van der Waals surface area (Å²) in [7, 11) is 0. The van der Waals surface area contributed by atoms with Gasteiger partial charge in [0, 0.05) is 5.56 Å². The first-order valence-corrected chi connectivity index (χ1v) is 6.05. The quantitative estimate of drug-likeness (QED) is 0.744. The maximum absolute atomic E-state index is 5.78. The fourth-order valence-electron chi connectivity index (χ4n) is 2.27. The number of fused-ring (bicyclic) bond motifs is 1. The van der Waals surface area contributed by atoms with Crippen LogP contribution in [0.4, 0.5) is 0 Å². The van der Waals surface area contributed by atoms with Crippen molar-refractivity contribution in [2.75, 3.05) is 13.2 Å². The highest BCUT2D eigenvalue weighted by atomic mass is 16.7. The second-order valence-corrected chi connectivity index (χ2v) is 4.56. The summed E-state index contributed by atoms with van der Waals surface area (Å²) in [6, 6.07) is 14.7. The van der Waals surface area contributed by atoms with Gasteiger partial charge in [0.2, 0.25) is 0 Å². The van der Waals surface area contributed by atoms with Crippen LogP contribution in [0.5, 0.6) is 0 Å². The lowest BCUT2D eigenvalue weighted by Crippen LogP contribution is -2.34.